The maximum Gasteiger partial charge on any atom is 0.277 e. The molecule has 0 unspecified atom stereocenters. The van der Waals surface area contributed by atoms with Crippen LogP contribution in [0.3, 0.4) is 0 Å². The zero-order valence-corrected chi connectivity index (χ0v) is 6.51. The molecular formula is C5H7N7O. The maximum absolute atomic E-state index is 11.3. The van der Waals surface area contributed by atoms with Crippen LogP contribution in [-0.2, 0) is 0 Å². The van der Waals surface area contributed by atoms with Gasteiger partial charge < -0.3 is 10.6 Å². The summed E-state index contributed by atoms with van der Waals surface area (Å²) in [6.45, 7) is 0.479. The van der Waals surface area contributed by atoms with E-state index in [0.717, 1.165) is 0 Å². The van der Waals surface area contributed by atoms with Crippen LogP contribution in [0.5, 0.6) is 0 Å². The molecule has 0 saturated carbocycles. The Labute approximate surface area is 72.2 Å². The molecule has 1 aliphatic heterocycles. The molecule has 1 aromatic heterocycles. The van der Waals surface area contributed by atoms with E-state index in [9.17, 15) is 4.79 Å². The van der Waals surface area contributed by atoms with Crippen LogP contribution >= 0.6 is 0 Å². The molecule has 0 amide bonds. The van der Waals surface area contributed by atoms with Crippen LogP contribution in [0.1, 0.15) is 0 Å². The van der Waals surface area contributed by atoms with E-state index >= 15 is 0 Å². The standard InChI is InChI=1S/C5H7N7O/c6-12-11-5-9-3-2(4(13)10-5)7-1-8-3/h7H,1H2,(H4,6,8,9,10,11,13). The molecule has 1 aromatic rings. The van der Waals surface area contributed by atoms with E-state index in [4.69, 9.17) is 5.53 Å². The van der Waals surface area contributed by atoms with Crippen molar-refractivity contribution in [1.82, 2.24) is 9.97 Å². The number of hydrogen-bond acceptors (Lipinski definition) is 6. The van der Waals surface area contributed by atoms with Gasteiger partial charge in [-0.05, 0) is 0 Å². The molecule has 13 heavy (non-hydrogen) atoms. The molecule has 0 atom stereocenters. The molecule has 68 valence electrons. The summed E-state index contributed by atoms with van der Waals surface area (Å²) < 4.78 is 0. The number of fused-ring (bicyclic) bond motifs is 1. The Balaban J connectivity index is 2.49. The van der Waals surface area contributed by atoms with E-state index in [-0.39, 0.29) is 11.5 Å². The van der Waals surface area contributed by atoms with Crippen molar-refractivity contribution >= 4 is 17.5 Å². The highest BCUT2D eigenvalue weighted by Crippen LogP contribution is 2.18. The lowest BCUT2D eigenvalue weighted by atomic mass is 10.5. The Kier molecular flexibility index (Phi) is 1.58. The van der Waals surface area contributed by atoms with Crippen LogP contribution < -0.4 is 21.6 Å². The van der Waals surface area contributed by atoms with E-state index in [1.807, 2.05) is 0 Å². The molecule has 0 aliphatic carbocycles. The van der Waals surface area contributed by atoms with Gasteiger partial charge in [0.2, 0.25) is 5.95 Å². The Morgan fingerprint density at radius 2 is 2.38 bits per heavy atom. The molecule has 0 aromatic carbocycles. The van der Waals surface area contributed by atoms with Gasteiger partial charge in [0.15, 0.2) is 5.82 Å². The Morgan fingerprint density at radius 1 is 1.54 bits per heavy atom. The highest BCUT2D eigenvalue weighted by molar-refractivity contribution is 5.68. The molecule has 1 aliphatic rings. The van der Waals surface area contributed by atoms with Crippen LogP contribution in [0.4, 0.5) is 17.5 Å². The number of hydrogen-bond donors (Lipinski definition) is 5. The summed E-state index contributed by atoms with van der Waals surface area (Å²) in [5.74, 6) is 0.616. The average molecular weight is 181 g/mol. The molecule has 0 fully saturated rings. The second-order valence-corrected chi connectivity index (χ2v) is 2.39. The molecule has 8 heteroatoms. The van der Waals surface area contributed by atoms with Crippen molar-refractivity contribution < 1.29 is 0 Å². The molecule has 8 nitrogen and oxygen atoms in total. The number of H-pyrrole nitrogens is 1. The van der Waals surface area contributed by atoms with Crippen LogP contribution in [0.2, 0.25) is 0 Å². The lowest BCUT2D eigenvalue weighted by Gasteiger charge is -1.99. The smallest absolute Gasteiger partial charge is 0.277 e. The summed E-state index contributed by atoms with van der Waals surface area (Å²) in [7, 11) is 0. The van der Waals surface area contributed by atoms with Crippen molar-refractivity contribution in [3.63, 3.8) is 0 Å². The average Bonchev–Trinajstić information content (AvgIpc) is 2.53. The van der Waals surface area contributed by atoms with Crippen molar-refractivity contribution in [1.29, 1.82) is 5.53 Å². The minimum Gasteiger partial charge on any atom is -0.360 e. The largest absolute Gasteiger partial charge is 0.360 e. The van der Waals surface area contributed by atoms with Crippen molar-refractivity contribution in [2.75, 3.05) is 22.7 Å². The number of aromatic amines is 1. The summed E-state index contributed by atoms with van der Waals surface area (Å²) in [6.07, 6.45) is 0. The van der Waals surface area contributed by atoms with E-state index in [1.165, 1.54) is 0 Å². The Morgan fingerprint density at radius 3 is 3.15 bits per heavy atom. The number of rotatable bonds is 2. The summed E-state index contributed by atoms with van der Waals surface area (Å²) in [5, 5.41) is 8.56. The van der Waals surface area contributed by atoms with Crippen LogP contribution in [0.25, 0.3) is 0 Å². The van der Waals surface area contributed by atoms with Gasteiger partial charge in [0, 0.05) is 0 Å². The quantitative estimate of drug-likeness (QED) is 0.323. The van der Waals surface area contributed by atoms with Crippen molar-refractivity contribution in [3.8, 4) is 0 Å². The fraction of sp³-hybridized carbons (Fsp3) is 0.200. The molecule has 0 radical (unpaired) electrons. The Bertz CT molecular complexity index is 396. The monoisotopic (exact) mass is 181 g/mol. The minimum atomic E-state index is -0.291. The summed E-state index contributed by atoms with van der Waals surface area (Å²) in [6, 6.07) is 0. The third-order valence-electron chi connectivity index (χ3n) is 1.60. The molecule has 0 bridgehead atoms. The van der Waals surface area contributed by atoms with E-state index in [0.29, 0.717) is 18.2 Å². The van der Waals surface area contributed by atoms with Crippen molar-refractivity contribution in [3.05, 3.63) is 10.4 Å². The fourth-order valence-electron chi connectivity index (χ4n) is 1.09. The predicted octanol–water partition coefficient (Wildman–Crippen LogP) is -0.0773. The van der Waals surface area contributed by atoms with Crippen LogP contribution in [-0.4, -0.2) is 16.6 Å². The lowest BCUT2D eigenvalue weighted by molar-refractivity contribution is 0.998. The highest BCUT2D eigenvalue weighted by Gasteiger charge is 2.15. The van der Waals surface area contributed by atoms with E-state index < -0.39 is 0 Å². The van der Waals surface area contributed by atoms with Gasteiger partial charge in [0.25, 0.3) is 5.56 Å². The second-order valence-electron chi connectivity index (χ2n) is 2.39. The fourth-order valence-corrected chi connectivity index (χ4v) is 1.09. The lowest BCUT2D eigenvalue weighted by Crippen LogP contribution is -2.12. The molecule has 2 rings (SSSR count). The van der Waals surface area contributed by atoms with Gasteiger partial charge in [-0.25, -0.2) is 5.43 Å². The van der Waals surface area contributed by atoms with E-state index in [1.54, 1.807) is 0 Å². The summed E-state index contributed by atoms with van der Waals surface area (Å²) in [5.41, 5.74) is 8.88. The SMILES string of the molecule is N=NNc1nc2c(c(=O)[nH]1)NCN2. The number of anilines is 3. The summed E-state index contributed by atoms with van der Waals surface area (Å²) in [4.78, 5) is 17.6. The minimum absolute atomic E-state index is 0.148. The zero-order valence-electron chi connectivity index (χ0n) is 6.51. The van der Waals surface area contributed by atoms with E-state index in [2.05, 4.69) is 31.3 Å². The normalized spacial score (nSPS) is 12.6. The van der Waals surface area contributed by atoms with Gasteiger partial charge in [-0.3, -0.25) is 9.78 Å². The van der Waals surface area contributed by atoms with Crippen molar-refractivity contribution in [2.24, 2.45) is 5.22 Å². The second kappa shape index (κ2) is 2.73. The number of aromatic nitrogens is 2. The third-order valence-corrected chi connectivity index (χ3v) is 1.60. The first kappa shape index (κ1) is 7.53. The first-order valence-corrected chi connectivity index (χ1v) is 3.56. The number of nitrogens with one attached hydrogen (secondary N) is 5. The van der Waals surface area contributed by atoms with Gasteiger partial charge in [0.1, 0.15) is 5.69 Å². The molecule has 2 heterocycles. The maximum atomic E-state index is 11.3. The van der Waals surface area contributed by atoms with Crippen molar-refractivity contribution in [2.45, 2.75) is 0 Å². The van der Waals surface area contributed by atoms with Crippen LogP contribution in [0, 0.1) is 5.53 Å². The predicted molar refractivity (Wildman–Crippen MR) is 45.7 cm³/mol. The van der Waals surface area contributed by atoms with Gasteiger partial charge in [0.05, 0.1) is 6.67 Å². The molecule has 0 spiro atoms. The topological polar surface area (TPSA) is 118 Å². The number of nitrogens with zero attached hydrogens (tertiary/aromatic N) is 2. The summed E-state index contributed by atoms with van der Waals surface area (Å²) >= 11 is 0. The molecule has 5 N–H and O–H groups in total. The van der Waals surface area contributed by atoms with Gasteiger partial charge in [-0.2, -0.15) is 10.5 Å². The molecule has 0 saturated heterocycles. The van der Waals surface area contributed by atoms with Crippen LogP contribution in [0.15, 0.2) is 10.0 Å². The Hall–Kier alpha value is -2.12. The third kappa shape index (κ3) is 1.17. The zero-order chi connectivity index (χ0) is 9.26. The van der Waals surface area contributed by atoms with Gasteiger partial charge in [-0.1, -0.05) is 5.22 Å². The molecular weight excluding hydrogens is 174 g/mol. The first-order chi connectivity index (χ1) is 6.31. The van der Waals surface area contributed by atoms with Gasteiger partial charge in [-0.15, -0.1) is 0 Å². The highest BCUT2D eigenvalue weighted by atomic mass is 16.1. The first-order valence-electron chi connectivity index (χ1n) is 3.56. The van der Waals surface area contributed by atoms with Gasteiger partial charge >= 0.3 is 0 Å².